The van der Waals surface area contributed by atoms with Gasteiger partial charge < -0.3 is 15.8 Å². The van der Waals surface area contributed by atoms with Gasteiger partial charge in [-0.3, -0.25) is 9.78 Å². The lowest BCUT2D eigenvalue weighted by Crippen LogP contribution is -2.23. The maximum Gasteiger partial charge on any atom is 0.341 e. The van der Waals surface area contributed by atoms with Crippen molar-refractivity contribution >= 4 is 40.1 Å². The molecule has 0 bridgehead atoms. The number of hydrogen-bond acceptors (Lipinski definition) is 5. The summed E-state index contributed by atoms with van der Waals surface area (Å²) < 4.78 is 4.99. The van der Waals surface area contributed by atoms with Crippen LogP contribution in [0.1, 0.15) is 17.3 Å². The number of carbonyl (C=O) groups is 2. The van der Waals surface area contributed by atoms with Crippen molar-refractivity contribution in [2.75, 3.05) is 18.5 Å². The van der Waals surface area contributed by atoms with Crippen molar-refractivity contribution in [3.63, 3.8) is 0 Å². The highest BCUT2D eigenvalue weighted by Gasteiger charge is 2.17. The Morgan fingerprint density at radius 1 is 1.43 bits per heavy atom. The zero-order chi connectivity index (χ0) is 15.4. The third-order valence-electron chi connectivity index (χ3n) is 2.76. The molecule has 0 saturated carbocycles. The van der Waals surface area contributed by atoms with E-state index in [9.17, 15) is 9.59 Å². The van der Waals surface area contributed by atoms with E-state index in [0.717, 1.165) is 0 Å². The first kappa shape index (κ1) is 15.1. The number of nitrogens with zero attached hydrogens (tertiary/aromatic N) is 1. The van der Waals surface area contributed by atoms with Crippen LogP contribution in [0, 0.1) is 0 Å². The molecule has 2 rings (SSSR count). The van der Waals surface area contributed by atoms with Crippen LogP contribution in [-0.4, -0.2) is 30.0 Å². The normalized spacial score (nSPS) is 10.4. The smallest absolute Gasteiger partial charge is 0.341 e. The fourth-order valence-corrected chi connectivity index (χ4v) is 2.07. The van der Waals surface area contributed by atoms with E-state index in [4.69, 9.17) is 22.1 Å². The number of ether oxygens (including phenoxy) is 1. The summed E-state index contributed by atoms with van der Waals surface area (Å²) in [5, 5.41) is 3.96. The number of nitrogens with one attached hydrogen (secondary N) is 1. The lowest BCUT2D eigenvalue weighted by Gasteiger charge is -2.13. The fourth-order valence-electron chi connectivity index (χ4n) is 1.89. The molecular weight excluding hydrogens is 294 g/mol. The number of pyridine rings is 1. The molecule has 0 aliphatic rings. The third-order valence-corrected chi connectivity index (χ3v) is 3.00. The number of halogens is 1. The molecule has 2 aromatic rings. The van der Waals surface area contributed by atoms with E-state index in [2.05, 4.69) is 10.3 Å². The molecule has 0 radical (unpaired) electrons. The molecule has 7 heteroatoms. The van der Waals surface area contributed by atoms with Crippen LogP contribution in [0.15, 0.2) is 24.4 Å². The van der Waals surface area contributed by atoms with Crippen molar-refractivity contribution in [1.29, 1.82) is 0 Å². The summed E-state index contributed by atoms with van der Waals surface area (Å²) >= 11 is 5.98. The monoisotopic (exact) mass is 307 g/mol. The van der Waals surface area contributed by atoms with E-state index < -0.39 is 11.9 Å². The van der Waals surface area contributed by atoms with Gasteiger partial charge in [0.2, 0.25) is 5.91 Å². The second-order valence-corrected chi connectivity index (χ2v) is 4.69. The molecule has 0 aliphatic carbocycles. The van der Waals surface area contributed by atoms with Crippen LogP contribution in [0.25, 0.3) is 10.9 Å². The molecular formula is C14H14ClN3O3. The summed E-state index contributed by atoms with van der Waals surface area (Å²) in [7, 11) is 0. The summed E-state index contributed by atoms with van der Waals surface area (Å²) in [5.74, 6) is -1.07. The first-order valence-electron chi connectivity index (χ1n) is 6.30. The topological polar surface area (TPSA) is 94.3 Å². The lowest BCUT2D eigenvalue weighted by molar-refractivity contribution is -0.116. The van der Waals surface area contributed by atoms with Gasteiger partial charge >= 0.3 is 5.97 Å². The van der Waals surface area contributed by atoms with Crippen LogP contribution in [0.5, 0.6) is 0 Å². The molecule has 1 aromatic heterocycles. The van der Waals surface area contributed by atoms with Crippen LogP contribution >= 0.6 is 11.6 Å². The van der Waals surface area contributed by atoms with Crippen LogP contribution in [0.2, 0.25) is 5.02 Å². The summed E-state index contributed by atoms with van der Waals surface area (Å²) in [5.41, 5.74) is 6.44. The Balaban J connectivity index is 2.58. The highest BCUT2D eigenvalue weighted by atomic mass is 35.5. The number of rotatable bonds is 5. The summed E-state index contributed by atoms with van der Waals surface area (Å²) in [4.78, 5) is 27.2. The Kier molecular flexibility index (Phi) is 4.59. The van der Waals surface area contributed by atoms with Gasteiger partial charge in [-0.1, -0.05) is 11.6 Å². The minimum absolute atomic E-state index is 0.113. The molecule has 6 nitrogen and oxygen atoms in total. The third kappa shape index (κ3) is 3.41. The maximum atomic E-state index is 12.0. The standard InChI is InChI=1S/C14H14ClN3O3/c1-2-21-14(20)10-6-17-11-4-3-8(15)5-9(11)13(10)18-7-12(16)19/h3-6H,2,7H2,1H3,(H2,16,19)(H,17,18). The first-order chi connectivity index (χ1) is 10.0. The second-order valence-electron chi connectivity index (χ2n) is 4.25. The van der Waals surface area contributed by atoms with Crippen molar-refractivity contribution in [2.24, 2.45) is 5.73 Å². The fraction of sp³-hybridized carbons (Fsp3) is 0.214. The van der Waals surface area contributed by atoms with Crippen LogP contribution < -0.4 is 11.1 Å². The molecule has 0 fully saturated rings. The van der Waals surface area contributed by atoms with Crippen LogP contribution in [0.4, 0.5) is 5.69 Å². The molecule has 3 N–H and O–H groups in total. The number of hydrogen-bond donors (Lipinski definition) is 2. The minimum atomic E-state index is -0.545. The van der Waals surface area contributed by atoms with Gasteiger partial charge in [0.1, 0.15) is 5.56 Å². The number of esters is 1. The van der Waals surface area contributed by atoms with Crippen molar-refractivity contribution in [3.05, 3.63) is 35.0 Å². The van der Waals surface area contributed by atoms with E-state index in [0.29, 0.717) is 21.6 Å². The number of benzene rings is 1. The average molecular weight is 308 g/mol. The Hall–Kier alpha value is -2.34. The minimum Gasteiger partial charge on any atom is -0.462 e. The molecule has 1 amide bonds. The summed E-state index contributed by atoms with van der Waals surface area (Å²) in [6.45, 7) is 1.83. The Bertz CT molecular complexity index is 703. The van der Waals surface area contributed by atoms with Gasteiger partial charge in [0.15, 0.2) is 0 Å². The quantitative estimate of drug-likeness (QED) is 0.823. The van der Waals surface area contributed by atoms with Crippen LogP contribution in [0.3, 0.4) is 0 Å². The van der Waals surface area contributed by atoms with Crippen molar-refractivity contribution in [1.82, 2.24) is 4.98 Å². The summed E-state index contributed by atoms with van der Waals surface area (Å²) in [6, 6.07) is 5.08. The van der Waals surface area contributed by atoms with Gasteiger partial charge in [-0.15, -0.1) is 0 Å². The molecule has 0 aliphatic heterocycles. The zero-order valence-corrected chi connectivity index (χ0v) is 12.1. The molecule has 1 heterocycles. The highest BCUT2D eigenvalue weighted by molar-refractivity contribution is 6.31. The number of primary amides is 1. The first-order valence-corrected chi connectivity index (χ1v) is 6.68. The Morgan fingerprint density at radius 2 is 2.19 bits per heavy atom. The molecule has 0 saturated heterocycles. The van der Waals surface area contributed by atoms with Crippen LogP contribution in [-0.2, 0) is 9.53 Å². The van der Waals surface area contributed by atoms with Gasteiger partial charge in [0.05, 0.1) is 24.4 Å². The van der Waals surface area contributed by atoms with Gasteiger partial charge in [-0.05, 0) is 25.1 Å². The molecule has 110 valence electrons. The van der Waals surface area contributed by atoms with Gasteiger partial charge in [-0.25, -0.2) is 4.79 Å². The molecule has 0 atom stereocenters. The number of aromatic nitrogens is 1. The summed E-state index contributed by atoms with van der Waals surface area (Å²) in [6.07, 6.45) is 1.40. The predicted molar refractivity (Wildman–Crippen MR) is 80.4 cm³/mol. The van der Waals surface area contributed by atoms with Gasteiger partial charge in [0.25, 0.3) is 0 Å². The number of carbonyl (C=O) groups excluding carboxylic acids is 2. The Morgan fingerprint density at radius 3 is 2.86 bits per heavy atom. The number of fused-ring (bicyclic) bond motifs is 1. The van der Waals surface area contributed by atoms with Gasteiger partial charge in [0, 0.05) is 16.6 Å². The molecule has 0 spiro atoms. The lowest BCUT2D eigenvalue weighted by atomic mass is 10.1. The van der Waals surface area contributed by atoms with E-state index >= 15 is 0 Å². The SMILES string of the molecule is CCOC(=O)c1cnc2ccc(Cl)cc2c1NCC(N)=O. The van der Waals surface area contributed by atoms with E-state index in [1.807, 2.05) is 0 Å². The van der Waals surface area contributed by atoms with Gasteiger partial charge in [-0.2, -0.15) is 0 Å². The number of amides is 1. The predicted octanol–water partition coefficient (Wildman–Crippen LogP) is 1.96. The number of anilines is 1. The Labute approximate surface area is 126 Å². The van der Waals surface area contributed by atoms with Crippen molar-refractivity contribution < 1.29 is 14.3 Å². The van der Waals surface area contributed by atoms with E-state index in [1.54, 1.807) is 25.1 Å². The van der Waals surface area contributed by atoms with E-state index in [1.165, 1.54) is 6.20 Å². The number of nitrogens with two attached hydrogens (primary N) is 1. The largest absolute Gasteiger partial charge is 0.462 e. The zero-order valence-electron chi connectivity index (χ0n) is 11.4. The van der Waals surface area contributed by atoms with Crippen molar-refractivity contribution in [2.45, 2.75) is 6.92 Å². The molecule has 1 aromatic carbocycles. The average Bonchev–Trinajstić information content (AvgIpc) is 2.44. The van der Waals surface area contributed by atoms with E-state index in [-0.39, 0.29) is 18.7 Å². The molecule has 0 unspecified atom stereocenters. The van der Waals surface area contributed by atoms with Crippen molar-refractivity contribution in [3.8, 4) is 0 Å². The molecule has 21 heavy (non-hydrogen) atoms. The maximum absolute atomic E-state index is 12.0. The second kappa shape index (κ2) is 6.41. The highest BCUT2D eigenvalue weighted by Crippen LogP contribution is 2.28.